The van der Waals surface area contributed by atoms with Crippen molar-refractivity contribution in [2.24, 2.45) is 48.6 Å². The van der Waals surface area contributed by atoms with E-state index >= 15 is 0 Å². The summed E-state index contributed by atoms with van der Waals surface area (Å²) in [7, 11) is 5.08. The predicted octanol–water partition coefficient (Wildman–Crippen LogP) is 1.99. The molecule has 6 aromatic heterocycles. The fraction of sp³-hybridized carbons (Fsp3) is 0.133. The SMILES string of the molecule is Cn1c(O)c(N=Nc2c(C#N)cnn2-c2ccccn2)c(=O)n(C)c1=O.[C-]#[N+]c1cnn(-c2ccccn2)c1N=Nc1c(O)n(C)c(=O)n(C)c1=O.[Fe]. The Bertz CT molecular complexity index is 2520. The number of rotatable bonds is 6. The Kier molecular flexibility index (Phi) is 11.5. The zero-order valence-electron chi connectivity index (χ0n) is 27.8. The predicted molar refractivity (Wildman–Crippen MR) is 179 cm³/mol. The van der Waals surface area contributed by atoms with Gasteiger partial charge in [0.05, 0.1) is 19.0 Å². The summed E-state index contributed by atoms with van der Waals surface area (Å²) in [5.41, 5.74) is -3.73. The second kappa shape index (κ2) is 15.9. The average molecular weight is 760 g/mol. The van der Waals surface area contributed by atoms with E-state index in [9.17, 15) is 34.7 Å². The first kappa shape index (κ1) is 38.2. The second-order valence-electron chi connectivity index (χ2n) is 10.3. The molecular formula is C30H24FeN16O6. The summed E-state index contributed by atoms with van der Waals surface area (Å²) >= 11 is 0. The summed E-state index contributed by atoms with van der Waals surface area (Å²) in [6.45, 7) is 7.21. The molecule has 23 heteroatoms. The third-order valence-electron chi connectivity index (χ3n) is 7.15. The van der Waals surface area contributed by atoms with Crippen LogP contribution in [0.4, 0.5) is 28.7 Å². The Morgan fingerprint density at radius 1 is 0.698 bits per heavy atom. The van der Waals surface area contributed by atoms with Crippen molar-refractivity contribution in [3.8, 4) is 29.5 Å². The van der Waals surface area contributed by atoms with Crippen molar-refractivity contribution in [3.63, 3.8) is 0 Å². The van der Waals surface area contributed by atoms with Crippen molar-refractivity contribution >= 4 is 28.7 Å². The van der Waals surface area contributed by atoms with Crippen LogP contribution in [0.2, 0.25) is 0 Å². The van der Waals surface area contributed by atoms with Gasteiger partial charge in [-0.05, 0) is 24.3 Å². The summed E-state index contributed by atoms with van der Waals surface area (Å²) in [6.07, 6.45) is 5.65. The van der Waals surface area contributed by atoms with Gasteiger partial charge in [0.2, 0.25) is 23.1 Å². The quantitative estimate of drug-likeness (QED) is 0.141. The van der Waals surface area contributed by atoms with E-state index in [1.54, 1.807) is 48.8 Å². The third kappa shape index (κ3) is 7.32. The van der Waals surface area contributed by atoms with Gasteiger partial charge in [0, 0.05) is 57.7 Å². The van der Waals surface area contributed by atoms with Crippen LogP contribution >= 0.6 is 0 Å². The molecule has 0 amide bonds. The van der Waals surface area contributed by atoms with Crippen LogP contribution in [0.25, 0.3) is 16.5 Å². The Balaban J connectivity index is 0.000000232. The zero-order chi connectivity index (χ0) is 37.7. The number of pyridine rings is 2. The van der Waals surface area contributed by atoms with Gasteiger partial charge in [-0.15, -0.1) is 20.5 Å². The molecule has 6 rings (SSSR count). The van der Waals surface area contributed by atoms with Crippen molar-refractivity contribution in [1.29, 1.82) is 5.26 Å². The molecule has 0 bridgehead atoms. The van der Waals surface area contributed by atoms with E-state index in [1.165, 1.54) is 49.9 Å². The van der Waals surface area contributed by atoms with E-state index < -0.39 is 45.6 Å². The van der Waals surface area contributed by atoms with Crippen LogP contribution in [-0.2, 0) is 45.3 Å². The smallest absolute Gasteiger partial charge is 0.333 e. The van der Waals surface area contributed by atoms with Crippen LogP contribution in [0, 0.1) is 17.9 Å². The van der Waals surface area contributed by atoms with E-state index in [2.05, 4.69) is 45.5 Å². The Hall–Kier alpha value is -7.62. The fourth-order valence-corrected chi connectivity index (χ4v) is 4.32. The van der Waals surface area contributed by atoms with Gasteiger partial charge >= 0.3 is 11.4 Å². The van der Waals surface area contributed by atoms with Gasteiger partial charge < -0.3 is 10.2 Å². The van der Waals surface area contributed by atoms with E-state index in [-0.39, 0.29) is 40.0 Å². The normalized spacial score (nSPS) is 10.8. The molecule has 2 N–H and O–H groups in total. The Morgan fingerprint density at radius 3 is 1.58 bits per heavy atom. The summed E-state index contributed by atoms with van der Waals surface area (Å²) in [5.74, 6) is -0.413. The molecule has 0 radical (unpaired) electrons. The first-order valence-corrected chi connectivity index (χ1v) is 14.5. The van der Waals surface area contributed by atoms with Gasteiger partial charge in [0.25, 0.3) is 16.8 Å². The van der Waals surface area contributed by atoms with Crippen LogP contribution in [0.15, 0.2) is 101 Å². The minimum absolute atomic E-state index is 0. The van der Waals surface area contributed by atoms with Gasteiger partial charge in [0.15, 0.2) is 23.3 Å². The number of nitriles is 1. The third-order valence-corrected chi connectivity index (χ3v) is 7.15. The van der Waals surface area contributed by atoms with Crippen LogP contribution in [0.1, 0.15) is 5.56 Å². The molecule has 53 heavy (non-hydrogen) atoms. The minimum Gasteiger partial charge on any atom is -0.493 e. The number of aromatic hydroxyl groups is 2. The monoisotopic (exact) mass is 760 g/mol. The Labute approximate surface area is 306 Å². The first-order valence-electron chi connectivity index (χ1n) is 14.5. The molecule has 22 nitrogen and oxygen atoms in total. The van der Waals surface area contributed by atoms with Crippen molar-refractivity contribution in [3.05, 3.63) is 120 Å². The zero-order valence-corrected chi connectivity index (χ0v) is 28.9. The number of hydrogen-bond donors (Lipinski definition) is 2. The first-order chi connectivity index (χ1) is 24.9. The molecule has 268 valence electrons. The minimum atomic E-state index is -0.822. The maximum absolute atomic E-state index is 12.2. The molecule has 0 saturated heterocycles. The molecule has 6 heterocycles. The Morgan fingerprint density at radius 2 is 1.15 bits per heavy atom. The van der Waals surface area contributed by atoms with Gasteiger partial charge in [-0.1, -0.05) is 12.1 Å². The molecule has 0 atom stereocenters. The van der Waals surface area contributed by atoms with Crippen LogP contribution in [0.5, 0.6) is 11.8 Å². The second-order valence-corrected chi connectivity index (χ2v) is 10.3. The van der Waals surface area contributed by atoms with Crippen molar-refractivity contribution < 1.29 is 27.3 Å². The molecule has 0 aliphatic heterocycles. The molecule has 0 unspecified atom stereocenters. The van der Waals surface area contributed by atoms with E-state index in [1.807, 2.05) is 6.07 Å². The molecule has 0 aromatic carbocycles. The van der Waals surface area contributed by atoms with E-state index in [4.69, 9.17) is 6.57 Å². The summed E-state index contributed by atoms with van der Waals surface area (Å²) in [6, 6.07) is 12.1. The molecule has 0 aliphatic carbocycles. The number of aromatic nitrogens is 10. The van der Waals surface area contributed by atoms with Gasteiger partial charge in [-0.3, -0.25) is 27.9 Å². The van der Waals surface area contributed by atoms with Gasteiger partial charge in [-0.2, -0.15) is 20.1 Å². The van der Waals surface area contributed by atoms with Crippen molar-refractivity contribution in [2.75, 3.05) is 0 Å². The van der Waals surface area contributed by atoms with E-state index in [0.717, 1.165) is 18.3 Å². The van der Waals surface area contributed by atoms with Crippen molar-refractivity contribution in [1.82, 2.24) is 47.8 Å². The van der Waals surface area contributed by atoms with E-state index in [0.29, 0.717) is 11.6 Å². The summed E-state index contributed by atoms with van der Waals surface area (Å²) < 4.78 is 5.85. The summed E-state index contributed by atoms with van der Waals surface area (Å²) in [4.78, 5) is 59.4. The molecule has 6 aromatic rings. The average Bonchev–Trinajstić information content (AvgIpc) is 3.79. The van der Waals surface area contributed by atoms with Gasteiger partial charge in [-0.25, -0.2) is 29.1 Å². The molecule has 0 aliphatic rings. The topological polar surface area (TPSA) is 267 Å². The summed E-state index contributed by atoms with van der Waals surface area (Å²) in [5, 5.41) is 52.7. The molecule has 0 saturated carbocycles. The maximum Gasteiger partial charge on any atom is 0.333 e. The molecular weight excluding hydrogens is 736 g/mol. The number of hydrogen-bond acceptors (Lipinski definition) is 15. The van der Waals surface area contributed by atoms with Gasteiger partial charge in [0.1, 0.15) is 11.6 Å². The fourth-order valence-electron chi connectivity index (χ4n) is 4.32. The standard InChI is InChI=1S/2C15H12N8O3.Fe/c1-16-9-8-18-23(10-6-4-5-7-17-10)12(9)20-19-11-13(24)21(2)15(26)22(3)14(11)25;1-21-13(24)11(14(25)22(2)15(21)26)19-20-12-9(7-16)8-18-23(12)10-5-3-4-6-17-10;/h4-8,24H,2-3H3;3-6,8,24H,1-2H3;. The number of nitrogens with zero attached hydrogens (tertiary/aromatic N) is 16. The van der Waals surface area contributed by atoms with Crippen LogP contribution in [-0.4, -0.2) is 58.0 Å². The van der Waals surface area contributed by atoms with Crippen molar-refractivity contribution in [2.45, 2.75) is 0 Å². The molecule has 0 fully saturated rings. The largest absolute Gasteiger partial charge is 0.493 e. The van der Waals surface area contributed by atoms with Crippen LogP contribution in [0.3, 0.4) is 0 Å². The molecule has 0 spiro atoms. The maximum atomic E-state index is 12.2. The van der Waals surface area contributed by atoms with Crippen LogP contribution < -0.4 is 22.5 Å². The number of azo groups is 2.